The van der Waals surface area contributed by atoms with Gasteiger partial charge in [-0.1, -0.05) is 55.5 Å². The predicted octanol–water partition coefficient (Wildman–Crippen LogP) is 5.22. The topological polar surface area (TPSA) is 12.0 Å². The minimum Gasteiger partial charge on any atom is -0.313 e. The molecule has 0 saturated heterocycles. The number of benzene rings is 1. The predicted molar refractivity (Wildman–Crippen MR) is 89.3 cm³/mol. The molecule has 2 heteroatoms. The van der Waals surface area contributed by atoms with Crippen LogP contribution in [0.25, 0.3) is 6.08 Å². The quantitative estimate of drug-likeness (QED) is 0.784. The molecule has 0 unspecified atom stereocenters. The number of likely N-dealkylation sites (N-methyl/N-ethyl adjacent to an activating group) is 1. The second-order valence-corrected chi connectivity index (χ2v) is 6.27. The molecule has 0 atom stereocenters. The van der Waals surface area contributed by atoms with Crippen LogP contribution < -0.4 is 5.32 Å². The molecule has 1 N–H and O–H groups in total. The normalized spacial score (nSPS) is 17.4. The Balaban J connectivity index is 2.21. The van der Waals surface area contributed by atoms with Crippen LogP contribution in [0, 0.1) is 12.8 Å². The number of hydrogen-bond acceptors (Lipinski definition) is 1. The highest BCUT2D eigenvalue weighted by Gasteiger charge is 2.17. The molecule has 20 heavy (non-hydrogen) atoms. The zero-order valence-electron chi connectivity index (χ0n) is 12.7. The molecule has 1 aliphatic carbocycles. The zero-order chi connectivity index (χ0) is 14.4. The third kappa shape index (κ3) is 4.36. The van der Waals surface area contributed by atoms with Crippen molar-refractivity contribution in [1.29, 1.82) is 0 Å². The van der Waals surface area contributed by atoms with Gasteiger partial charge in [-0.05, 0) is 55.5 Å². The molecule has 1 aliphatic rings. The van der Waals surface area contributed by atoms with E-state index in [1.54, 1.807) is 5.57 Å². The Morgan fingerprint density at radius 1 is 1.30 bits per heavy atom. The fourth-order valence-corrected chi connectivity index (χ4v) is 3.28. The Morgan fingerprint density at radius 3 is 2.70 bits per heavy atom. The van der Waals surface area contributed by atoms with Crippen LogP contribution in [0.1, 0.15) is 50.2 Å². The average Bonchev–Trinajstić information content (AvgIpc) is 2.46. The van der Waals surface area contributed by atoms with Crippen LogP contribution in [-0.2, 0) is 0 Å². The Bertz CT molecular complexity index is 458. The fraction of sp³-hybridized carbons (Fsp3) is 0.556. The fourth-order valence-electron chi connectivity index (χ4n) is 3.06. The summed E-state index contributed by atoms with van der Waals surface area (Å²) < 4.78 is 0. The molecular formula is C18H26ClN. The van der Waals surface area contributed by atoms with E-state index in [-0.39, 0.29) is 0 Å². The van der Waals surface area contributed by atoms with Crippen LogP contribution in [0.2, 0.25) is 5.02 Å². The molecule has 0 amide bonds. The minimum atomic E-state index is 0.762. The molecule has 1 aromatic carbocycles. The Kier molecular flexibility index (Phi) is 6.12. The standard InChI is InChI=1S/C18H26ClN/c1-3-20-13-17(15-7-5-4-6-8-15)12-16-9-10-18(19)11-14(16)2/h9-12,15,20H,3-8,13H2,1-2H3/b17-12-. The van der Waals surface area contributed by atoms with Crippen molar-refractivity contribution in [2.45, 2.75) is 46.0 Å². The van der Waals surface area contributed by atoms with E-state index in [1.165, 1.54) is 43.2 Å². The van der Waals surface area contributed by atoms with Crippen molar-refractivity contribution in [2.24, 2.45) is 5.92 Å². The highest BCUT2D eigenvalue weighted by Crippen LogP contribution is 2.31. The molecular weight excluding hydrogens is 266 g/mol. The molecule has 110 valence electrons. The van der Waals surface area contributed by atoms with E-state index >= 15 is 0 Å². The monoisotopic (exact) mass is 291 g/mol. The second kappa shape index (κ2) is 7.85. The summed E-state index contributed by atoms with van der Waals surface area (Å²) in [6.07, 6.45) is 9.27. The molecule has 1 nitrogen and oxygen atoms in total. The second-order valence-electron chi connectivity index (χ2n) is 5.84. The zero-order valence-corrected chi connectivity index (χ0v) is 13.5. The van der Waals surface area contributed by atoms with Gasteiger partial charge in [-0.2, -0.15) is 0 Å². The van der Waals surface area contributed by atoms with Crippen LogP contribution in [0.4, 0.5) is 0 Å². The lowest BCUT2D eigenvalue weighted by Crippen LogP contribution is -2.22. The molecule has 0 aromatic heterocycles. The third-order valence-corrected chi connectivity index (χ3v) is 4.52. The lowest BCUT2D eigenvalue weighted by atomic mass is 9.82. The first kappa shape index (κ1) is 15.6. The highest BCUT2D eigenvalue weighted by molar-refractivity contribution is 6.30. The number of nitrogens with one attached hydrogen (secondary N) is 1. The van der Waals surface area contributed by atoms with Crippen LogP contribution in [-0.4, -0.2) is 13.1 Å². The molecule has 2 rings (SSSR count). The van der Waals surface area contributed by atoms with Crippen LogP contribution in [0.15, 0.2) is 23.8 Å². The van der Waals surface area contributed by atoms with Crippen molar-refractivity contribution in [1.82, 2.24) is 5.32 Å². The molecule has 1 saturated carbocycles. The summed E-state index contributed by atoms with van der Waals surface area (Å²) in [6.45, 7) is 6.36. The molecule has 0 heterocycles. The van der Waals surface area contributed by atoms with Crippen molar-refractivity contribution in [3.8, 4) is 0 Å². The summed E-state index contributed by atoms with van der Waals surface area (Å²) in [5.74, 6) is 0.762. The minimum absolute atomic E-state index is 0.762. The molecule has 0 radical (unpaired) electrons. The lowest BCUT2D eigenvalue weighted by molar-refractivity contribution is 0.397. The molecule has 1 aromatic rings. The third-order valence-electron chi connectivity index (χ3n) is 4.28. The summed E-state index contributed by atoms with van der Waals surface area (Å²) in [5.41, 5.74) is 4.15. The number of hydrogen-bond donors (Lipinski definition) is 1. The summed E-state index contributed by atoms with van der Waals surface area (Å²) in [5, 5.41) is 4.33. The Hall–Kier alpha value is -0.790. The maximum absolute atomic E-state index is 6.05. The molecule has 0 aliphatic heterocycles. The number of halogens is 1. The largest absolute Gasteiger partial charge is 0.313 e. The summed E-state index contributed by atoms with van der Waals surface area (Å²) in [6, 6.07) is 6.19. The van der Waals surface area contributed by atoms with Gasteiger partial charge < -0.3 is 5.32 Å². The number of rotatable bonds is 5. The van der Waals surface area contributed by atoms with Crippen molar-refractivity contribution < 1.29 is 0 Å². The SMILES string of the molecule is CCNC/C(=C/c1ccc(Cl)cc1C)C1CCCCC1. The van der Waals surface area contributed by atoms with Crippen LogP contribution in [0.5, 0.6) is 0 Å². The maximum atomic E-state index is 6.05. The van der Waals surface area contributed by atoms with Gasteiger partial charge in [-0.3, -0.25) is 0 Å². The summed E-state index contributed by atoms with van der Waals surface area (Å²) in [4.78, 5) is 0. The van der Waals surface area contributed by atoms with Gasteiger partial charge in [0.2, 0.25) is 0 Å². The van der Waals surface area contributed by atoms with E-state index in [4.69, 9.17) is 11.6 Å². The van der Waals surface area contributed by atoms with Crippen molar-refractivity contribution in [3.63, 3.8) is 0 Å². The van der Waals surface area contributed by atoms with Crippen molar-refractivity contribution in [2.75, 3.05) is 13.1 Å². The van der Waals surface area contributed by atoms with Gasteiger partial charge in [0.25, 0.3) is 0 Å². The van der Waals surface area contributed by atoms with E-state index < -0.39 is 0 Å². The average molecular weight is 292 g/mol. The molecule has 0 bridgehead atoms. The summed E-state index contributed by atoms with van der Waals surface area (Å²) >= 11 is 6.05. The smallest absolute Gasteiger partial charge is 0.0409 e. The van der Waals surface area contributed by atoms with E-state index in [0.717, 1.165) is 24.0 Å². The summed E-state index contributed by atoms with van der Waals surface area (Å²) in [7, 11) is 0. The number of aryl methyl sites for hydroxylation is 1. The molecule has 0 spiro atoms. The molecule has 1 fully saturated rings. The van der Waals surface area contributed by atoms with E-state index in [1.807, 2.05) is 6.07 Å². The van der Waals surface area contributed by atoms with Gasteiger partial charge in [0, 0.05) is 11.6 Å². The van der Waals surface area contributed by atoms with Gasteiger partial charge in [-0.15, -0.1) is 0 Å². The van der Waals surface area contributed by atoms with Crippen molar-refractivity contribution >= 4 is 17.7 Å². The van der Waals surface area contributed by atoms with Gasteiger partial charge in [0.15, 0.2) is 0 Å². The van der Waals surface area contributed by atoms with Crippen molar-refractivity contribution in [3.05, 3.63) is 39.9 Å². The Morgan fingerprint density at radius 2 is 2.05 bits per heavy atom. The Labute approximate surface area is 128 Å². The first-order valence-electron chi connectivity index (χ1n) is 7.88. The van der Waals surface area contributed by atoms with E-state index in [0.29, 0.717) is 0 Å². The lowest BCUT2D eigenvalue weighted by Gasteiger charge is -2.25. The van der Waals surface area contributed by atoms with Gasteiger partial charge in [0.05, 0.1) is 0 Å². The van der Waals surface area contributed by atoms with Crippen LogP contribution >= 0.6 is 11.6 Å². The first-order valence-corrected chi connectivity index (χ1v) is 8.26. The highest BCUT2D eigenvalue weighted by atomic mass is 35.5. The van der Waals surface area contributed by atoms with Gasteiger partial charge >= 0.3 is 0 Å². The van der Waals surface area contributed by atoms with Crippen LogP contribution in [0.3, 0.4) is 0 Å². The first-order chi connectivity index (χ1) is 9.70. The van der Waals surface area contributed by atoms with Gasteiger partial charge in [-0.25, -0.2) is 0 Å². The van der Waals surface area contributed by atoms with E-state index in [2.05, 4.69) is 37.4 Å². The van der Waals surface area contributed by atoms with Gasteiger partial charge in [0.1, 0.15) is 0 Å². The maximum Gasteiger partial charge on any atom is 0.0409 e. The van der Waals surface area contributed by atoms with E-state index in [9.17, 15) is 0 Å².